The van der Waals surface area contributed by atoms with Crippen LogP contribution in [0.2, 0.25) is 0 Å². The average molecular weight is 320 g/mol. The van der Waals surface area contributed by atoms with Crippen LogP contribution < -0.4 is 10.4 Å². The molecule has 0 amide bonds. The van der Waals surface area contributed by atoms with Gasteiger partial charge in [-0.2, -0.15) is 0 Å². The van der Waals surface area contributed by atoms with Crippen molar-refractivity contribution in [2.24, 2.45) is 0 Å². The Balaban J connectivity index is 1.77. The van der Waals surface area contributed by atoms with E-state index in [-0.39, 0.29) is 6.42 Å². The van der Waals surface area contributed by atoms with Crippen LogP contribution in [0.15, 0.2) is 74.5 Å². The minimum Gasteiger partial charge on any atom is -0.464 e. The molecule has 0 spiro atoms. The second-order valence-corrected chi connectivity index (χ2v) is 5.34. The van der Waals surface area contributed by atoms with Crippen LogP contribution in [0, 0.1) is 0 Å². The first-order chi connectivity index (χ1) is 11.7. The standard InChI is InChI=1S/C19H12O5/c20-17-7-6-13-16(23-17)11-15-14(8-9-22-15)19(13)24-18(21)10-12-4-2-1-3-5-12/h1-9,11H,10H2. The minimum absolute atomic E-state index is 0.146. The maximum absolute atomic E-state index is 12.3. The molecular weight excluding hydrogens is 308 g/mol. The van der Waals surface area contributed by atoms with Gasteiger partial charge in [-0.3, -0.25) is 4.79 Å². The monoisotopic (exact) mass is 320 g/mol. The Morgan fingerprint density at radius 1 is 0.958 bits per heavy atom. The van der Waals surface area contributed by atoms with E-state index in [2.05, 4.69) is 0 Å². The van der Waals surface area contributed by atoms with Crippen molar-refractivity contribution in [3.63, 3.8) is 0 Å². The molecule has 0 saturated heterocycles. The summed E-state index contributed by atoms with van der Waals surface area (Å²) >= 11 is 0. The normalized spacial score (nSPS) is 11.0. The Labute approximate surface area is 136 Å². The Morgan fingerprint density at radius 3 is 2.58 bits per heavy atom. The summed E-state index contributed by atoms with van der Waals surface area (Å²) in [5.74, 6) is -0.0664. The van der Waals surface area contributed by atoms with Crippen molar-refractivity contribution in [2.45, 2.75) is 6.42 Å². The molecule has 4 rings (SSSR count). The topological polar surface area (TPSA) is 69.7 Å². The third-order valence-electron chi connectivity index (χ3n) is 3.72. The number of carbonyl (C=O) groups is 1. The van der Waals surface area contributed by atoms with E-state index in [1.165, 1.54) is 12.3 Å². The third kappa shape index (κ3) is 2.56. The second kappa shape index (κ2) is 5.70. The molecule has 2 aromatic heterocycles. The Bertz CT molecular complexity index is 1090. The fourth-order valence-electron chi connectivity index (χ4n) is 2.63. The van der Waals surface area contributed by atoms with Gasteiger partial charge in [0.05, 0.1) is 23.5 Å². The Kier molecular flexibility index (Phi) is 3.39. The largest absolute Gasteiger partial charge is 0.464 e. The highest BCUT2D eigenvalue weighted by atomic mass is 16.5. The van der Waals surface area contributed by atoms with Crippen LogP contribution in [0.5, 0.6) is 5.75 Å². The summed E-state index contributed by atoms with van der Waals surface area (Å²) in [6, 6.07) is 15.5. The molecule has 0 N–H and O–H groups in total. The lowest BCUT2D eigenvalue weighted by Crippen LogP contribution is -2.11. The molecule has 0 unspecified atom stereocenters. The lowest BCUT2D eigenvalue weighted by molar-refractivity contribution is -0.133. The predicted octanol–water partition coefficient (Wildman–Crippen LogP) is 3.69. The molecule has 2 aromatic carbocycles. The molecule has 0 atom stereocenters. The molecule has 0 radical (unpaired) electrons. The van der Waals surface area contributed by atoms with E-state index in [0.717, 1.165) is 5.56 Å². The van der Waals surface area contributed by atoms with Crippen molar-refractivity contribution in [1.82, 2.24) is 0 Å². The summed E-state index contributed by atoms with van der Waals surface area (Å²) in [4.78, 5) is 23.7. The minimum atomic E-state index is -0.477. The second-order valence-electron chi connectivity index (χ2n) is 5.34. The van der Waals surface area contributed by atoms with Crippen LogP contribution in [0.3, 0.4) is 0 Å². The summed E-state index contributed by atoms with van der Waals surface area (Å²) in [6.45, 7) is 0. The fourth-order valence-corrected chi connectivity index (χ4v) is 2.63. The summed E-state index contributed by atoms with van der Waals surface area (Å²) in [7, 11) is 0. The lowest BCUT2D eigenvalue weighted by Gasteiger charge is -2.08. The number of carbonyl (C=O) groups excluding carboxylic acids is 1. The molecule has 0 saturated carbocycles. The first-order valence-electron chi connectivity index (χ1n) is 7.39. The zero-order valence-corrected chi connectivity index (χ0v) is 12.5. The maximum atomic E-state index is 12.3. The zero-order valence-electron chi connectivity index (χ0n) is 12.5. The first kappa shape index (κ1) is 14.3. The summed E-state index contributed by atoms with van der Waals surface area (Å²) in [5, 5.41) is 1.20. The number of ether oxygens (including phenoxy) is 1. The smallest absolute Gasteiger partial charge is 0.336 e. The van der Waals surface area contributed by atoms with Gasteiger partial charge in [-0.15, -0.1) is 0 Å². The van der Waals surface area contributed by atoms with E-state index in [9.17, 15) is 9.59 Å². The van der Waals surface area contributed by atoms with Crippen LogP contribution in [0.25, 0.3) is 21.9 Å². The van der Waals surface area contributed by atoms with Crippen molar-refractivity contribution in [3.8, 4) is 5.75 Å². The number of fused-ring (bicyclic) bond motifs is 2. The van der Waals surface area contributed by atoms with Crippen molar-refractivity contribution >= 4 is 27.9 Å². The molecule has 4 aromatic rings. The molecule has 0 aliphatic rings. The van der Waals surface area contributed by atoms with Crippen molar-refractivity contribution in [1.29, 1.82) is 0 Å². The van der Waals surface area contributed by atoms with Crippen LogP contribution in [0.1, 0.15) is 5.56 Å². The van der Waals surface area contributed by atoms with Crippen molar-refractivity contribution < 1.29 is 18.4 Å². The number of rotatable bonds is 3. The van der Waals surface area contributed by atoms with Gasteiger partial charge in [0.25, 0.3) is 0 Å². The number of benzene rings is 2. The van der Waals surface area contributed by atoms with Gasteiger partial charge < -0.3 is 13.6 Å². The summed E-state index contributed by atoms with van der Waals surface area (Å²) in [6.07, 6.45) is 1.64. The molecule has 118 valence electrons. The van der Waals surface area contributed by atoms with Gasteiger partial charge in [0.15, 0.2) is 5.75 Å². The molecular formula is C19H12O5. The number of hydrogen-bond donors (Lipinski definition) is 0. The highest BCUT2D eigenvalue weighted by Crippen LogP contribution is 2.35. The molecule has 2 heterocycles. The first-order valence-corrected chi connectivity index (χ1v) is 7.39. The van der Waals surface area contributed by atoms with Crippen LogP contribution in [-0.2, 0) is 11.2 Å². The van der Waals surface area contributed by atoms with Crippen LogP contribution >= 0.6 is 0 Å². The third-order valence-corrected chi connectivity index (χ3v) is 3.72. The Morgan fingerprint density at radius 2 is 1.75 bits per heavy atom. The van der Waals surface area contributed by atoms with Crippen molar-refractivity contribution in [3.05, 3.63) is 76.8 Å². The van der Waals surface area contributed by atoms with Gasteiger partial charge in [-0.05, 0) is 17.7 Å². The zero-order chi connectivity index (χ0) is 16.5. The van der Waals surface area contributed by atoms with Gasteiger partial charge >= 0.3 is 11.6 Å². The maximum Gasteiger partial charge on any atom is 0.336 e. The number of hydrogen-bond acceptors (Lipinski definition) is 5. The molecule has 0 aliphatic carbocycles. The molecule has 5 nitrogen and oxygen atoms in total. The summed E-state index contributed by atoms with van der Waals surface area (Å²) in [5.41, 5.74) is 1.18. The quantitative estimate of drug-likeness (QED) is 0.327. The summed E-state index contributed by atoms with van der Waals surface area (Å²) < 4.78 is 16.1. The number of furan rings is 1. The lowest BCUT2D eigenvalue weighted by atomic mass is 10.1. The molecule has 0 fully saturated rings. The predicted molar refractivity (Wildman–Crippen MR) is 88.0 cm³/mol. The molecule has 0 aliphatic heterocycles. The van der Waals surface area contributed by atoms with E-state index in [1.54, 1.807) is 18.2 Å². The van der Waals surface area contributed by atoms with Crippen LogP contribution in [-0.4, -0.2) is 5.97 Å². The van der Waals surface area contributed by atoms with Gasteiger partial charge in [-0.25, -0.2) is 4.79 Å². The highest BCUT2D eigenvalue weighted by Gasteiger charge is 2.16. The van der Waals surface area contributed by atoms with E-state index in [4.69, 9.17) is 13.6 Å². The van der Waals surface area contributed by atoms with E-state index >= 15 is 0 Å². The van der Waals surface area contributed by atoms with Gasteiger partial charge in [0, 0.05) is 12.1 Å². The van der Waals surface area contributed by atoms with E-state index in [0.29, 0.717) is 27.7 Å². The number of esters is 1. The SMILES string of the molecule is O=C(Cc1ccccc1)Oc1c2ccoc2cc2oc(=O)ccc12. The highest BCUT2D eigenvalue weighted by molar-refractivity contribution is 6.02. The van der Waals surface area contributed by atoms with Gasteiger partial charge in [-0.1, -0.05) is 30.3 Å². The van der Waals surface area contributed by atoms with Crippen LogP contribution in [0.4, 0.5) is 0 Å². The Hall–Kier alpha value is -3.34. The molecule has 0 bridgehead atoms. The molecule has 5 heteroatoms. The van der Waals surface area contributed by atoms with E-state index in [1.807, 2.05) is 30.3 Å². The van der Waals surface area contributed by atoms with Crippen molar-refractivity contribution in [2.75, 3.05) is 0 Å². The fraction of sp³-hybridized carbons (Fsp3) is 0.0526. The van der Waals surface area contributed by atoms with Gasteiger partial charge in [0.2, 0.25) is 0 Å². The average Bonchev–Trinajstić information content (AvgIpc) is 3.03. The van der Waals surface area contributed by atoms with Gasteiger partial charge in [0.1, 0.15) is 11.2 Å². The molecule has 24 heavy (non-hydrogen) atoms. The van der Waals surface area contributed by atoms with E-state index < -0.39 is 11.6 Å².